The first-order chi connectivity index (χ1) is 15.0. The van der Waals surface area contributed by atoms with Crippen LogP contribution in [-0.4, -0.2) is 49.6 Å². The largest absolute Gasteiger partial charge is 0.497 e. The SMILES string of the molecule is COc1ccc(CC(=O)N2CCCC(COc3ccccc3C(=O)NC(C)C)C2)cc1. The Balaban J connectivity index is 1.55. The van der Waals surface area contributed by atoms with Gasteiger partial charge in [-0.05, 0) is 56.5 Å². The fourth-order valence-corrected chi connectivity index (χ4v) is 3.79. The highest BCUT2D eigenvalue weighted by Crippen LogP contribution is 2.23. The number of nitrogens with zero attached hydrogens (tertiary/aromatic N) is 1. The summed E-state index contributed by atoms with van der Waals surface area (Å²) in [4.78, 5) is 27.1. The summed E-state index contributed by atoms with van der Waals surface area (Å²) in [6.45, 7) is 5.80. The Bertz CT molecular complexity index is 879. The predicted octanol–water partition coefficient (Wildman–Crippen LogP) is 3.69. The third-order valence-corrected chi connectivity index (χ3v) is 5.41. The minimum absolute atomic E-state index is 0.0594. The number of nitrogens with one attached hydrogen (secondary N) is 1. The average Bonchev–Trinajstić information content (AvgIpc) is 2.78. The molecule has 1 atom stereocenters. The van der Waals surface area contributed by atoms with Gasteiger partial charge in [0.25, 0.3) is 5.91 Å². The average molecular weight is 425 g/mol. The normalized spacial score (nSPS) is 16.1. The molecule has 6 nitrogen and oxygen atoms in total. The van der Waals surface area contributed by atoms with E-state index in [-0.39, 0.29) is 23.8 Å². The molecule has 1 aliphatic heterocycles. The Kier molecular flexibility index (Phi) is 7.93. The van der Waals surface area contributed by atoms with E-state index < -0.39 is 0 Å². The Morgan fingerprint density at radius 2 is 1.87 bits per heavy atom. The molecule has 3 rings (SSSR count). The van der Waals surface area contributed by atoms with E-state index in [1.807, 2.05) is 61.2 Å². The molecule has 1 fully saturated rings. The van der Waals surface area contributed by atoms with Crippen molar-refractivity contribution in [3.63, 3.8) is 0 Å². The van der Waals surface area contributed by atoms with E-state index in [0.717, 1.165) is 30.7 Å². The van der Waals surface area contributed by atoms with Crippen LogP contribution >= 0.6 is 0 Å². The molecule has 1 saturated heterocycles. The summed E-state index contributed by atoms with van der Waals surface area (Å²) in [5.74, 6) is 1.61. The smallest absolute Gasteiger partial charge is 0.255 e. The molecule has 6 heteroatoms. The Hall–Kier alpha value is -3.02. The molecule has 0 bridgehead atoms. The monoisotopic (exact) mass is 424 g/mol. The van der Waals surface area contributed by atoms with Crippen LogP contribution < -0.4 is 14.8 Å². The minimum atomic E-state index is -0.134. The van der Waals surface area contributed by atoms with Crippen LogP contribution in [0.15, 0.2) is 48.5 Å². The lowest BCUT2D eigenvalue weighted by molar-refractivity contribution is -0.132. The summed E-state index contributed by atoms with van der Waals surface area (Å²) in [6, 6.07) is 15.0. The Morgan fingerprint density at radius 3 is 2.58 bits per heavy atom. The van der Waals surface area contributed by atoms with Crippen molar-refractivity contribution in [2.45, 2.75) is 39.2 Å². The number of hydrogen-bond donors (Lipinski definition) is 1. The van der Waals surface area contributed by atoms with Crippen LogP contribution in [0.2, 0.25) is 0 Å². The second-order valence-electron chi connectivity index (χ2n) is 8.31. The zero-order valence-electron chi connectivity index (χ0n) is 18.6. The van der Waals surface area contributed by atoms with Crippen molar-refractivity contribution in [3.05, 3.63) is 59.7 Å². The summed E-state index contributed by atoms with van der Waals surface area (Å²) in [5, 5.41) is 2.91. The number of benzene rings is 2. The van der Waals surface area contributed by atoms with Crippen LogP contribution in [-0.2, 0) is 11.2 Å². The summed E-state index contributed by atoms with van der Waals surface area (Å²) in [6.07, 6.45) is 2.35. The van der Waals surface area contributed by atoms with Crippen LogP contribution in [0.4, 0.5) is 0 Å². The first-order valence-electron chi connectivity index (χ1n) is 10.9. The molecular formula is C25H32N2O4. The van der Waals surface area contributed by atoms with Gasteiger partial charge < -0.3 is 19.7 Å². The molecule has 31 heavy (non-hydrogen) atoms. The second-order valence-corrected chi connectivity index (χ2v) is 8.31. The first-order valence-corrected chi connectivity index (χ1v) is 10.9. The topological polar surface area (TPSA) is 67.9 Å². The number of carbonyl (C=O) groups is 2. The third-order valence-electron chi connectivity index (χ3n) is 5.41. The van der Waals surface area contributed by atoms with Crippen molar-refractivity contribution in [2.75, 3.05) is 26.8 Å². The quantitative estimate of drug-likeness (QED) is 0.702. The number of ether oxygens (including phenoxy) is 2. The number of amides is 2. The van der Waals surface area contributed by atoms with Gasteiger partial charge in [-0.15, -0.1) is 0 Å². The van der Waals surface area contributed by atoms with E-state index in [0.29, 0.717) is 30.9 Å². The van der Waals surface area contributed by atoms with E-state index in [9.17, 15) is 9.59 Å². The van der Waals surface area contributed by atoms with Crippen molar-refractivity contribution in [1.82, 2.24) is 10.2 Å². The first kappa shape index (κ1) is 22.7. The van der Waals surface area contributed by atoms with Crippen molar-refractivity contribution >= 4 is 11.8 Å². The molecular weight excluding hydrogens is 392 g/mol. The van der Waals surface area contributed by atoms with E-state index in [4.69, 9.17) is 9.47 Å². The lowest BCUT2D eigenvalue weighted by Crippen LogP contribution is -2.42. The Labute approximate surface area is 184 Å². The van der Waals surface area contributed by atoms with E-state index >= 15 is 0 Å². The van der Waals surface area contributed by atoms with Gasteiger partial charge in [-0.2, -0.15) is 0 Å². The fraction of sp³-hybridized carbons (Fsp3) is 0.440. The lowest BCUT2D eigenvalue weighted by Gasteiger charge is -2.33. The van der Waals surface area contributed by atoms with E-state index in [1.54, 1.807) is 13.2 Å². The van der Waals surface area contributed by atoms with Crippen molar-refractivity contribution in [1.29, 1.82) is 0 Å². The maximum atomic E-state index is 12.8. The van der Waals surface area contributed by atoms with Gasteiger partial charge in [0.05, 0.1) is 25.7 Å². The van der Waals surface area contributed by atoms with Crippen molar-refractivity contribution in [3.8, 4) is 11.5 Å². The number of rotatable bonds is 8. The number of hydrogen-bond acceptors (Lipinski definition) is 4. The maximum absolute atomic E-state index is 12.8. The van der Waals surface area contributed by atoms with Gasteiger partial charge in [0, 0.05) is 25.0 Å². The standard InChI is InChI=1S/C25H32N2O4/c1-18(2)26-25(29)22-8-4-5-9-23(22)31-17-20-7-6-14-27(16-20)24(28)15-19-10-12-21(30-3)13-11-19/h4-5,8-13,18,20H,6-7,14-17H2,1-3H3,(H,26,29). The number of methoxy groups -OCH3 is 1. The van der Waals surface area contributed by atoms with Gasteiger partial charge in [-0.25, -0.2) is 0 Å². The molecule has 1 unspecified atom stereocenters. The minimum Gasteiger partial charge on any atom is -0.497 e. The highest BCUT2D eigenvalue weighted by Gasteiger charge is 2.25. The molecule has 1 heterocycles. The van der Waals surface area contributed by atoms with Crippen LogP contribution in [0.25, 0.3) is 0 Å². The summed E-state index contributed by atoms with van der Waals surface area (Å²) in [7, 11) is 1.63. The summed E-state index contributed by atoms with van der Waals surface area (Å²) >= 11 is 0. The molecule has 2 aromatic carbocycles. The third kappa shape index (κ3) is 6.48. The van der Waals surface area contributed by atoms with Gasteiger partial charge in [-0.3, -0.25) is 9.59 Å². The number of likely N-dealkylation sites (tertiary alicyclic amines) is 1. The highest BCUT2D eigenvalue weighted by molar-refractivity contribution is 5.97. The molecule has 166 valence electrons. The van der Waals surface area contributed by atoms with E-state index in [1.165, 1.54) is 0 Å². The van der Waals surface area contributed by atoms with Gasteiger partial charge in [0.15, 0.2) is 0 Å². The summed E-state index contributed by atoms with van der Waals surface area (Å²) < 4.78 is 11.2. The van der Waals surface area contributed by atoms with E-state index in [2.05, 4.69) is 5.32 Å². The van der Waals surface area contributed by atoms with Crippen LogP contribution in [0.5, 0.6) is 11.5 Å². The molecule has 0 aliphatic carbocycles. The molecule has 1 N–H and O–H groups in total. The van der Waals surface area contributed by atoms with Gasteiger partial charge >= 0.3 is 0 Å². The Morgan fingerprint density at radius 1 is 1.13 bits per heavy atom. The van der Waals surface area contributed by atoms with Crippen LogP contribution in [0.3, 0.4) is 0 Å². The molecule has 2 amide bonds. The number of piperidine rings is 1. The highest BCUT2D eigenvalue weighted by atomic mass is 16.5. The molecule has 0 spiro atoms. The fourth-order valence-electron chi connectivity index (χ4n) is 3.79. The van der Waals surface area contributed by atoms with Crippen LogP contribution in [0, 0.1) is 5.92 Å². The molecule has 0 aromatic heterocycles. The van der Waals surface area contributed by atoms with Crippen LogP contribution in [0.1, 0.15) is 42.6 Å². The van der Waals surface area contributed by atoms with Crippen molar-refractivity contribution < 1.29 is 19.1 Å². The summed E-state index contributed by atoms with van der Waals surface area (Å²) in [5.41, 5.74) is 1.52. The van der Waals surface area contributed by atoms with Gasteiger partial charge in [0.1, 0.15) is 11.5 Å². The molecule has 2 aromatic rings. The zero-order valence-corrected chi connectivity index (χ0v) is 18.6. The lowest BCUT2D eigenvalue weighted by atomic mass is 9.98. The van der Waals surface area contributed by atoms with Gasteiger partial charge in [-0.1, -0.05) is 24.3 Å². The zero-order chi connectivity index (χ0) is 22.2. The van der Waals surface area contributed by atoms with Gasteiger partial charge in [0.2, 0.25) is 5.91 Å². The molecule has 0 radical (unpaired) electrons. The predicted molar refractivity (Wildman–Crippen MR) is 121 cm³/mol. The van der Waals surface area contributed by atoms with Crippen molar-refractivity contribution in [2.24, 2.45) is 5.92 Å². The molecule has 0 saturated carbocycles. The molecule has 1 aliphatic rings. The maximum Gasteiger partial charge on any atom is 0.255 e. The number of carbonyl (C=O) groups excluding carboxylic acids is 2. The second kappa shape index (κ2) is 10.8. The number of para-hydroxylation sites is 1.